The van der Waals surface area contributed by atoms with Crippen molar-refractivity contribution in [2.45, 2.75) is 45.0 Å². The summed E-state index contributed by atoms with van der Waals surface area (Å²) in [4.78, 5) is 11.0. The van der Waals surface area contributed by atoms with Crippen LogP contribution in [0.15, 0.2) is 0 Å². The zero-order valence-electron chi connectivity index (χ0n) is 8.39. The van der Waals surface area contributed by atoms with Crippen LogP contribution >= 0.6 is 0 Å². The van der Waals surface area contributed by atoms with Crippen molar-refractivity contribution in [1.29, 1.82) is 0 Å². The van der Waals surface area contributed by atoms with Gasteiger partial charge in [0.2, 0.25) is 0 Å². The average Bonchev–Trinajstić information content (AvgIpc) is 2.71. The van der Waals surface area contributed by atoms with Gasteiger partial charge in [-0.05, 0) is 6.42 Å². The Morgan fingerprint density at radius 1 is 1.50 bits per heavy atom. The topological polar surface area (TPSA) is 26.3 Å². The standard InChI is InChI=1S/C10H16F2O2/c1-2-3-4-5-9(13)14-7-8-6-10(8,11)12/h8H,2-7H2,1H3. The molecule has 0 heterocycles. The first-order valence-electron chi connectivity index (χ1n) is 5.09. The third-order valence-corrected chi connectivity index (χ3v) is 2.39. The molecule has 1 atom stereocenters. The highest BCUT2D eigenvalue weighted by atomic mass is 19.3. The van der Waals surface area contributed by atoms with Crippen molar-refractivity contribution in [1.82, 2.24) is 0 Å². The predicted octanol–water partition coefficient (Wildman–Crippen LogP) is 2.77. The van der Waals surface area contributed by atoms with Gasteiger partial charge in [-0.2, -0.15) is 0 Å². The zero-order chi connectivity index (χ0) is 10.6. The van der Waals surface area contributed by atoms with Crippen LogP contribution in [0.25, 0.3) is 0 Å². The van der Waals surface area contributed by atoms with Gasteiger partial charge < -0.3 is 4.74 Å². The minimum absolute atomic E-state index is 0.113. The van der Waals surface area contributed by atoms with Gasteiger partial charge in [-0.15, -0.1) is 0 Å². The summed E-state index contributed by atoms with van der Waals surface area (Å²) in [7, 11) is 0. The molecule has 1 aliphatic carbocycles. The van der Waals surface area contributed by atoms with Crippen molar-refractivity contribution in [3.05, 3.63) is 0 Å². The van der Waals surface area contributed by atoms with Crippen LogP contribution in [0, 0.1) is 5.92 Å². The summed E-state index contributed by atoms with van der Waals surface area (Å²) in [5.74, 6) is -3.65. The molecule has 1 rings (SSSR count). The number of halogens is 2. The summed E-state index contributed by atoms with van der Waals surface area (Å²) in [5.41, 5.74) is 0. The molecule has 0 N–H and O–H groups in total. The third kappa shape index (κ3) is 3.60. The van der Waals surface area contributed by atoms with Crippen molar-refractivity contribution in [2.75, 3.05) is 6.61 Å². The number of carbonyl (C=O) groups excluding carboxylic acids is 1. The van der Waals surface area contributed by atoms with E-state index in [-0.39, 0.29) is 19.0 Å². The fourth-order valence-corrected chi connectivity index (χ4v) is 1.24. The van der Waals surface area contributed by atoms with Crippen molar-refractivity contribution < 1.29 is 18.3 Å². The molecule has 0 amide bonds. The monoisotopic (exact) mass is 206 g/mol. The van der Waals surface area contributed by atoms with Gasteiger partial charge in [0.25, 0.3) is 5.92 Å². The van der Waals surface area contributed by atoms with Gasteiger partial charge >= 0.3 is 5.97 Å². The third-order valence-electron chi connectivity index (χ3n) is 2.39. The highest BCUT2D eigenvalue weighted by Gasteiger charge is 2.57. The highest BCUT2D eigenvalue weighted by Crippen LogP contribution is 2.48. The molecule has 2 nitrogen and oxygen atoms in total. The van der Waals surface area contributed by atoms with Crippen LogP contribution in [0.2, 0.25) is 0 Å². The minimum atomic E-state index is -2.58. The van der Waals surface area contributed by atoms with E-state index in [1.165, 1.54) is 0 Å². The van der Waals surface area contributed by atoms with Gasteiger partial charge in [0.05, 0.1) is 5.92 Å². The quantitative estimate of drug-likeness (QED) is 0.493. The molecule has 0 radical (unpaired) electrons. The molecular weight excluding hydrogens is 190 g/mol. The van der Waals surface area contributed by atoms with Crippen LogP contribution in [0.3, 0.4) is 0 Å². The number of hydrogen-bond acceptors (Lipinski definition) is 2. The summed E-state index contributed by atoms with van der Waals surface area (Å²) < 4.78 is 29.5. The second-order valence-corrected chi connectivity index (χ2v) is 3.80. The molecule has 0 aliphatic heterocycles. The molecule has 1 aliphatic rings. The zero-order valence-corrected chi connectivity index (χ0v) is 8.39. The highest BCUT2D eigenvalue weighted by molar-refractivity contribution is 5.69. The van der Waals surface area contributed by atoms with Gasteiger partial charge in [0, 0.05) is 12.8 Å². The van der Waals surface area contributed by atoms with Gasteiger partial charge in [-0.1, -0.05) is 19.8 Å². The van der Waals surface area contributed by atoms with E-state index in [1.807, 2.05) is 6.92 Å². The lowest BCUT2D eigenvalue weighted by Crippen LogP contribution is -2.09. The van der Waals surface area contributed by atoms with Gasteiger partial charge in [0.15, 0.2) is 0 Å². The summed E-state index contributed by atoms with van der Waals surface area (Å²) in [6, 6.07) is 0. The SMILES string of the molecule is CCCCCC(=O)OCC1CC1(F)F. The van der Waals surface area contributed by atoms with Gasteiger partial charge in [-0.3, -0.25) is 4.79 Å². The lowest BCUT2D eigenvalue weighted by Gasteiger charge is -2.03. The Kier molecular flexibility index (Phi) is 3.84. The first-order valence-corrected chi connectivity index (χ1v) is 5.09. The largest absolute Gasteiger partial charge is 0.465 e. The molecular formula is C10H16F2O2. The van der Waals surface area contributed by atoms with E-state index in [0.29, 0.717) is 6.42 Å². The molecule has 1 saturated carbocycles. The van der Waals surface area contributed by atoms with Crippen molar-refractivity contribution in [2.24, 2.45) is 5.92 Å². The van der Waals surface area contributed by atoms with Crippen LogP contribution in [-0.2, 0) is 9.53 Å². The van der Waals surface area contributed by atoms with Crippen molar-refractivity contribution in [3.8, 4) is 0 Å². The Morgan fingerprint density at radius 2 is 2.14 bits per heavy atom. The second-order valence-electron chi connectivity index (χ2n) is 3.80. The molecule has 0 bridgehead atoms. The molecule has 82 valence electrons. The maximum atomic E-state index is 12.4. The van der Waals surface area contributed by atoms with E-state index in [2.05, 4.69) is 0 Å². The number of rotatable bonds is 6. The van der Waals surface area contributed by atoms with Crippen molar-refractivity contribution >= 4 is 5.97 Å². The Hall–Kier alpha value is -0.670. The summed E-state index contributed by atoms with van der Waals surface area (Å²) in [6.07, 6.45) is 3.03. The molecule has 0 spiro atoms. The molecule has 1 fully saturated rings. The fraction of sp³-hybridized carbons (Fsp3) is 0.900. The maximum absolute atomic E-state index is 12.4. The Balaban J connectivity index is 1.99. The van der Waals surface area contributed by atoms with Crippen LogP contribution in [0.4, 0.5) is 8.78 Å². The molecule has 14 heavy (non-hydrogen) atoms. The number of hydrogen-bond donors (Lipinski definition) is 0. The van der Waals surface area contributed by atoms with E-state index in [1.54, 1.807) is 0 Å². The average molecular weight is 206 g/mol. The molecule has 0 saturated heterocycles. The molecule has 0 aromatic carbocycles. The van der Waals surface area contributed by atoms with E-state index in [0.717, 1.165) is 19.3 Å². The van der Waals surface area contributed by atoms with Gasteiger partial charge in [0.1, 0.15) is 6.61 Å². The second kappa shape index (κ2) is 4.71. The number of unbranched alkanes of at least 4 members (excludes halogenated alkanes) is 2. The van der Waals surface area contributed by atoms with E-state index >= 15 is 0 Å². The Bertz CT molecular complexity index is 204. The summed E-state index contributed by atoms with van der Waals surface area (Å²) >= 11 is 0. The first-order chi connectivity index (χ1) is 6.56. The summed E-state index contributed by atoms with van der Waals surface area (Å²) in [6.45, 7) is 1.92. The fourth-order valence-electron chi connectivity index (χ4n) is 1.24. The normalized spacial score (nSPS) is 23.2. The molecule has 1 unspecified atom stereocenters. The van der Waals surface area contributed by atoms with E-state index in [4.69, 9.17) is 4.74 Å². The number of carbonyl (C=O) groups is 1. The van der Waals surface area contributed by atoms with Crippen molar-refractivity contribution in [3.63, 3.8) is 0 Å². The lowest BCUT2D eigenvalue weighted by molar-refractivity contribution is -0.144. The van der Waals surface area contributed by atoms with Crippen LogP contribution in [-0.4, -0.2) is 18.5 Å². The minimum Gasteiger partial charge on any atom is -0.465 e. The first kappa shape index (κ1) is 11.4. The number of alkyl halides is 2. The number of ether oxygens (including phenoxy) is 1. The van der Waals surface area contributed by atoms with E-state index < -0.39 is 11.8 Å². The summed E-state index contributed by atoms with van der Waals surface area (Å²) in [5, 5.41) is 0. The smallest absolute Gasteiger partial charge is 0.305 e. The molecule has 0 aromatic rings. The lowest BCUT2D eigenvalue weighted by atomic mass is 10.2. The van der Waals surface area contributed by atoms with Gasteiger partial charge in [-0.25, -0.2) is 8.78 Å². The van der Waals surface area contributed by atoms with Crippen LogP contribution in [0.1, 0.15) is 39.0 Å². The Labute approximate surface area is 82.6 Å². The van der Waals surface area contributed by atoms with Crippen LogP contribution in [0.5, 0.6) is 0 Å². The van der Waals surface area contributed by atoms with E-state index in [9.17, 15) is 13.6 Å². The predicted molar refractivity (Wildman–Crippen MR) is 48.2 cm³/mol. The maximum Gasteiger partial charge on any atom is 0.305 e. The Morgan fingerprint density at radius 3 is 2.64 bits per heavy atom. The number of esters is 1. The van der Waals surface area contributed by atoms with Crippen LogP contribution < -0.4 is 0 Å². The molecule has 4 heteroatoms. The molecule has 0 aromatic heterocycles.